The summed E-state index contributed by atoms with van der Waals surface area (Å²) in [6.07, 6.45) is 3.10. The molecule has 122 valence electrons. The maximum absolute atomic E-state index is 12.2. The fraction of sp³-hybridized carbons (Fsp3) is 0.562. The average Bonchev–Trinajstić information content (AvgIpc) is 2.59. The van der Waals surface area contributed by atoms with Gasteiger partial charge in [-0.25, -0.2) is 0 Å². The Bertz CT molecular complexity index is 513. The van der Waals surface area contributed by atoms with E-state index in [9.17, 15) is 4.79 Å². The molecule has 1 aliphatic heterocycles. The highest BCUT2D eigenvalue weighted by Crippen LogP contribution is 2.34. The first-order chi connectivity index (χ1) is 10.7. The summed E-state index contributed by atoms with van der Waals surface area (Å²) in [6.45, 7) is 1.29. The topological polar surface area (TPSA) is 68.8 Å². The SMILES string of the molecule is COc1cc(OC)c(OC)cc1CNC(=O)[C@@H]1CCCCN1. The number of piperidine rings is 1. The van der Waals surface area contributed by atoms with E-state index < -0.39 is 0 Å². The van der Waals surface area contributed by atoms with Crippen molar-refractivity contribution >= 4 is 5.91 Å². The molecule has 0 saturated carbocycles. The van der Waals surface area contributed by atoms with Crippen LogP contribution in [0.3, 0.4) is 0 Å². The molecule has 2 N–H and O–H groups in total. The highest BCUT2D eigenvalue weighted by molar-refractivity contribution is 5.81. The van der Waals surface area contributed by atoms with Gasteiger partial charge < -0.3 is 24.8 Å². The number of amides is 1. The summed E-state index contributed by atoms with van der Waals surface area (Å²) in [6, 6.07) is 3.49. The van der Waals surface area contributed by atoms with Crippen molar-refractivity contribution in [1.82, 2.24) is 10.6 Å². The smallest absolute Gasteiger partial charge is 0.237 e. The Morgan fingerprint density at radius 1 is 1.14 bits per heavy atom. The molecule has 6 nitrogen and oxygen atoms in total. The molecule has 22 heavy (non-hydrogen) atoms. The highest BCUT2D eigenvalue weighted by Gasteiger charge is 2.20. The summed E-state index contributed by atoms with van der Waals surface area (Å²) in [5.41, 5.74) is 0.851. The standard InChI is InChI=1S/C16H24N2O4/c1-20-13-9-15(22-3)14(21-2)8-11(13)10-18-16(19)12-6-4-5-7-17-12/h8-9,12,17H,4-7,10H2,1-3H3,(H,18,19)/t12-/m0/s1. The van der Waals surface area contributed by atoms with E-state index in [0.717, 1.165) is 31.4 Å². The molecule has 1 saturated heterocycles. The van der Waals surface area contributed by atoms with Crippen molar-refractivity contribution in [2.45, 2.75) is 31.8 Å². The van der Waals surface area contributed by atoms with Gasteiger partial charge in [0.05, 0.1) is 27.4 Å². The summed E-state index contributed by atoms with van der Waals surface area (Å²) in [5, 5.41) is 6.19. The Morgan fingerprint density at radius 3 is 2.41 bits per heavy atom. The van der Waals surface area contributed by atoms with Gasteiger partial charge in [0.15, 0.2) is 11.5 Å². The fourth-order valence-corrected chi connectivity index (χ4v) is 2.61. The predicted molar refractivity (Wildman–Crippen MR) is 83.6 cm³/mol. The molecule has 0 spiro atoms. The number of hydrogen-bond donors (Lipinski definition) is 2. The lowest BCUT2D eigenvalue weighted by Gasteiger charge is -2.23. The van der Waals surface area contributed by atoms with Crippen LogP contribution >= 0.6 is 0 Å². The van der Waals surface area contributed by atoms with Crippen LogP contribution in [0, 0.1) is 0 Å². The third-order valence-corrected chi connectivity index (χ3v) is 3.87. The quantitative estimate of drug-likeness (QED) is 0.833. The molecule has 0 aliphatic carbocycles. The zero-order valence-electron chi connectivity index (χ0n) is 13.4. The number of benzene rings is 1. The van der Waals surface area contributed by atoms with Gasteiger partial charge in [0.2, 0.25) is 5.91 Å². The molecule has 6 heteroatoms. The molecule has 2 rings (SSSR count). The van der Waals surface area contributed by atoms with Gasteiger partial charge in [-0.05, 0) is 25.5 Å². The Kier molecular flexibility index (Phi) is 5.89. The van der Waals surface area contributed by atoms with Crippen LogP contribution in [-0.4, -0.2) is 39.8 Å². The lowest BCUT2D eigenvalue weighted by molar-refractivity contribution is -0.123. The molecule has 0 unspecified atom stereocenters. The summed E-state index contributed by atoms with van der Waals surface area (Å²) >= 11 is 0. The van der Waals surface area contributed by atoms with Crippen LogP contribution in [-0.2, 0) is 11.3 Å². The van der Waals surface area contributed by atoms with Crippen molar-refractivity contribution < 1.29 is 19.0 Å². The fourth-order valence-electron chi connectivity index (χ4n) is 2.61. The van der Waals surface area contributed by atoms with E-state index in [1.165, 1.54) is 0 Å². The largest absolute Gasteiger partial charge is 0.496 e. The molecule has 1 atom stereocenters. The zero-order valence-corrected chi connectivity index (χ0v) is 13.4. The number of rotatable bonds is 6. The maximum Gasteiger partial charge on any atom is 0.237 e. The van der Waals surface area contributed by atoms with Crippen molar-refractivity contribution in [3.05, 3.63) is 17.7 Å². The number of carbonyl (C=O) groups excluding carboxylic acids is 1. The van der Waals surface area contributed by atoms with E-state index >= 15 is 0 Å². The molecular formula is C16H24N2O4. The van der Waals surface area contributed by atoms with Gasteiger partial charge in [0.25, 0.3) is 0 Å². The summed E-state index contributed by atoms with van der Waals surface area (Å²) in [7, 11) is 4.75. The van der Waals surface area contributed by atoms with Crippen LogP contribution < -0.4 is 24.8 Å². The van der Waals surface area contributed by atoms with Crippen LogP contribution in [0.5, 0.6) is 17.2 Å². The Labute approximate surface area is 131 Å². The first-order valence-electron chi connectivity index (χ1n) is 7.49. The third-order valence-electron chi connectivity index (χ3n) is 3.87. The maximum atomic E-state index is 12.2. The van der Waals surface area contributed by atoms with Gasteiger partial charge in [-0.2, -0.15) is 0 Å². The normalized spacial score (nSPS) is 17.7. The first-order valence-corrected chi connectivity index (χ1v) is 7.49. The minimum atomic E-state index is -0.0973. The van der Waals surface area contributed by atoms with Crippen LogP contribution in [0.15, 0.2) is 12.1 Å². The molecule has 0 bridgehead atoms. The minimum absolute atomic E-state index is 0.0246. The molecule has 1 amide bonds. The van der Waals surface area contributed by atoms with Crippen LogP contribution in [0.4, 0.5) is 0 Å². The number of ether oxygens (including phenoxy) is 3. The molecule has 1 fully saturated rings. The monoisotopic (exact) mass is 308 g/mol. The van der Waals surface area contributed by atoms with E-state index in [-0.39, 0.29) is 11.9 Å². The van der Waals surface area contributed by atoms with E-state index in [2.05, 4.69) is 10.6 Å². The zero-order chi connectivity index (χ0) is 15.9. The molecule has 1 aromatic carbocycles. The Morgan fingerprint density at radius 2 is 1.82 bits per heavy atom. The third kappa shape index (κ3) is 3.82. The minimum Gasteiger partial charge on any atom is -0.496 e. The van der Waals surface area contributed by atoms with Crippen LogP contribution in [0.2, 0.25) is 0 Å². The second kappa shape index (κ2) is 7.89. The van der Waals surface area contributed by atoms with Crippen LogP contribution in [0.1, 0.15) is 24.8 Å². The number of nitrogens with one attached hydrogen (secondary N) is 2. The van der Waals surface area contributed by atoms with E-state index in [0.29, 0.717) is 23.8 Å². The van der Waals surface area contributed by atoms with Crippen molar-refractivity contribution in [3.8, 4) is 17.2 Å². The van der Waals surface area contributed by atoms with Gasteiger partial charge in [-0.15, -0.1) is 0 Å². The van der Waals surface area contributed by atoms with Gasteiger partial charge in [-0.3, -0.25) is 4.79 Å². The number of methoxy groups -OCH3 is 3. The second-order valence-corrected chi connectivity index (χ2v) is 5.24. The average molecular weight is 308 g/mol. The molecule has 1 heterocycles. The second-order valence-electron chi connectivity index (χ2n) is 5.24. The van der Waals surface area contributed by atoms with Gasteiger partial charge in [0, 0.05) is 18.2 Å². The number of carbonyl (C=O) groups is 1. The molecule has 0 aromatic heterocycles. The first kappa shape index (κ1) is 16.4. The molecule has 1 aliphatic rings. The summed E-state index contributed by atoms with van der Waals surface area (Å²) in [4.78, 5) is 12.2. The summed E-state index contributed by atoms with van der Waals surface area (Å²) in [5.74, 6) is 1.90. The van der Waals surface area contributed by atoms with Crippen molar-refractivity contribution in [1.29, 1.82) is 0 Å². The highest BCUT2D eigenvalue weighted by atomic mass is 16.5. The van der Waals surface area contributed by atoms with Gasteiger partial charge in [0.1, 0.15) is 5.75 Å². The van der Waals surface area contributed by atoms with E-state index in [1.54, 1.807) is 27.4 Å². The molecular weight excluding hydrogens is 284 g/mol. The molecule has 1 aromatic rings. The lowest BCUT2D eigenvalue weighted by atomic mass is 10.0. The summed E-state index contributed by atoms with van der Waals surface area (Å²) < 4.78 is 15.9. The molecule has 0 radical (unpaired) electrons. The van der Waals surface area contributed by atoms with E-state index in [1.807, 2.05) is 6.07 Å². The Hall–Kier alpha value is -1.95. The van der Waals surface area contributed by atoms with Crippen LogP contribution in [0.25, 0.3) is 0 Å². The predicted octanol–water partition coefficient (Wildman–Crippen LogP) is 1.47. The van der Waals surface area contributed by atoms with Gasteiger partial charge >= 0.3 is 0 Å². The lowest BCUT2D eigenvalue weighted by Crippen LogP contribution is -2.46. The van der Waals surface area contributed by atoms with Crippen molar-refractivity contribution in [3.63, 3.8) is 0 Å². The van der Waals surface area contributed by atoms with Crippen molar-refractivity contribution in [2.24, 2.45) is 0 Å². The van der Waals surface area contributed by atoms with Crippen molar-refractivity contribution in [2.75, 3.05) is 27.9 Å². The van der Waals surface area contributed by atoms with Gasteiger partial charge in [-0.1, -0.05) is 6.42 Å². The Balaban J connectivity index is 2.06. The van der Waals surface area contributed by atoms with E-state index in [4.69, 9.17) is 14.2 Å². The number of hydrogen-bond acceptors (Lipinski definition) is 5.